The molecular formula is C12H14N4O2S. The van der Waals surface area contributed by atoms with Crippen molar-refractivity contribution in [3.63, 3.8) is 0 Å². The average molecular weight is 278 g/mol. The summed E-state index contributed by atoms with van der Waals surface area (Å²) in [6, 6.07) is 5.13. The SMILES string of the molecule is O=S(=O)(Nc1ncc[nH]1)c1ccc2c(c1)CCCN2. The molecule has 1 aromatic heterocycles. The first-order valence-electron chi connectivity index (χ1n) is 6.04. The summed E-state index contributed by atoms with van der Waals surface area (Å²) in [7, 11) is -3.59. The van der Waals surface area contributed by atoms with Crippen LogP contribution in [0.25, 0.3) is 0 Å². The highest BCUT2D eigenvalue weighted by atomic mass is 32.2. The molecule has 1 aliphatic heterocycles. The first kappa shape index (κ1) is 12.0. The van der Waals surface area contributed by atoms with E-state index in [4.69, 9.17) is 0 Å². The molecule has 3 rings (SSSR count). The van der Waals surface area contributed by atoms with Gasteiger partial charge in [-0.3, -0.25) is 0 Å². The number of nitrogens with zero attached hydrogens (tertiary/aromatic N) is 1. The van der Waals surface area contributed by atoms with Gasteiger partial charge in [-0.2, -0.15) is 0 Å². The zero-order chi connectivity index (χ0) is 13.3. The number of benzene rings is 1. The lowest BCUT2D eigenvalue weighted by Gasteiger charge is -2.18. The van der Waals surface area contributed by atoms with Gasteiger partial charge in [0, 0.05) is 24.6 Å². The Morgan fingerprint density at radius 1 is 1.32 bits per heavy atom. The molecule has 7 heteroatoms. The predicted octanol–water partition coefficient (Wildman–Crippen LogP) is 1.57. The fraction of sp³-hybridized carbons (Fsp3) is 0.250. The smallest absolute Gasteiger partial charge is 0.264 e. The Labute approximate surface area is 111 Å². The van der Waals surface area contributed by atoms with E-state index in [1.165, 1.54) is 6.20 Å². The van der Waals surface area contributed by atoms with Crippen molar-refractivity contribution in [1.29, 1.82) is 0 Å². The van der Waals surface area contributed by atoms with Crippen molar-refractivity contribution in [3.8, 4) is 0 Å². The number of aromatic nitrogens is 2. The predicted molar refractivity (Wildman–Crippen MR) is 72.6 cm³/mol. The van der Waals surface area contributed by atoms with Gasteiger partial charge in [-0.05, 0) is 36.6 Å². The van der Waals surface area contributed by atoms with Crippen molar-refractivity contribution >= 4 is 21.7 Å². The van der Waals surface area contributed by atoms with Crippen LogP contribution in [0, 0.1) is 0 Å². The molecule has 0 bridgehead atoms. The summed E-state index contributed by atoms with van der Waals surface area (Å²) in [5.41, 5.74) is 2.05. The maximum absolute atomic E-state index is 12.2. The minimum Gasteiger partial charge on any atom is -0.385 e. The number of hydrogen-bond donors (Lipinski definition) is 3. The van der Waals surface area contributed by atoms with Gasteiger partial charge in [0.1, 0.15) is 0 Å². The molecule has 2 heterocycles. The first-order chi connectivity index (χ1) is 9.15. The van der Waals surface area contributed by atoms with Gasteiger partial charge in [-0.25, -0.2) is 18.1 Å². The number of anilines is 2. The highest BCUT2D eigenvalue weighted by molar-refractivity contribution is 7.92. The minimum atomic E-state index is -3.59. The van der Waals surface area contributed by atoms with Crippen LogP contribution in [0.1, 0.15) is 12.0 Å². The van der Waals surface area contributed by atoms with Crippen molar-refractivity contribution in [2.75, 3.05) is 16.6 Å². The lowest BCUT2D eigenvalue weighted by molar-refractivity contribution is 0.600. The van der Waals surface area contributed by atoms with Crippen molar-refractivity contribution in [3.05, 3.63) is 36.2 Å². The highest BCUT2D eigenvalue weighted by Gasteiger charge is 2.18. The van der Waals surface area contributed by atoms with Gasteiger partial charge in [-0.15, -0.1) is 0 Å². The van der Waals surface area contributed by atoms with E-state index < -0.39 is 10.0 Å². The van der Waals surface area contributed by atoms with Crippen LogP contribution in [0.5, 0.6) is 0 Å². The lowest BCUT2D eigenvalue weighted by Crippen LogP contribution is -2.16. The van der Waals surface area contributed by atoms with E-state index in [2.05, 4.69) is 20.0 Å². The summed E-state index contributed by atoms with van der Waals surface area (Å²) in [6.07, 6.45) is 4.97. The van der Waals surface area contributed by atoms with E-state index in [0.29, 0.717) is 0 Å². The Balaban J connectivity index is 1.93. The molecule has 1 aromatic carbocycles. The Morgan fingerprint density at radius 2 is 2.21 bits per heavy atom. The quantitative estimate of drug-likeness (QED) is 0.795. The van der Waals surface area contributed by atoms with Crippen LogP contribution in [-0.2, 0) is 16.4 Å². The fourth-order valence-electron chi connectivity index (χ4n) is 2.13. The Kier molecular flexibility index (Phi) is 2.90. The molecule has 0 unspecified atom stereocenters. The van der Waals surface area contributed by atoms with Crippen LogP contribution in [-0.4, -0.2) is 24.9 Å². The summed E-state index contributed by atoms with van der Waals surface area (Å²) in [5.74, 6) is 0.218. The average Bonchev–Trinajstić information content (AvgIpc) is 2.90. The second-order valence-corrected chi connectivity index (χ2v) is 6.07. The Morgan fingerprint density at radius 3 is 3.00 bits per heavy atom. The zero-order valence-electron chi connectivity index (χ0n) is 10.2. The summed E-state index contributed by atoms with van der Waals surface area (Å²) in [4.78, 5) is 6.82. The minimum absolute atomic E-state index is 0.218. The van der Waals surface area contributed by atoms with Crippen LogP contribution in [0.3, 0.4) is 0 Å². The number of aryl methyl sites for hydroxylation is 1. The molecule has 2 aromatic rings. The summed E-state index contributed by atoms with van der Waals surface area (Å²) in [5, 5.41) is 3.25. The molecule has 3 N–H and O–H groups in total. The number of rotatable bonds is 3. The Hall–Kier alpha value is -2.02. The van der Waals surface area contributed by atoms with Gasteiger partial charge >= 0.3 is 0 Å². The van der Waals surface area contributed by atoms with Crippen LogP contribution in [0.4, 0.5) is 11.6 Å². The van der Waals surface area contributed by atoms with Gasteiger partial charge in [0.05, 0.1) is 4.90 Å². The van der Waals surface area contributed by atoms with Crippen molar-refractivity contribution in [1.82, 2.24) is 9.97 Å². The van der Waals surface area contributed by atoms with Gasteiger partial charge in [0.2, 0.25) is 5.95 Å². The van der Waals surface area contributed by atoms with Gasteiger partial charge in [-0.1, -0.05) is 0 Å². The highest BCUT2D eigenvalue weighted by Crippen LogP contribution is 2.25. The molecule has 19 heavy (non-hydrogen) atoms. The molecule has 0 fully saturated rings. The third-order valence-corrected chi connectivity index (χ3v) is 4.39. The van der Waals surface area contributed by atoms with Crippen LogP contribution < -0.4 is 10.0 Å². The van der Waals surface area contributed by atoms with Crippen LogP contribution >= 0.6 is 0 Å². The number of nitrogens with one attached hydrogen (secondary N) is 3. The maximum Gasteiger partial charge on any atom is 0.264 e. The van der Waals surface area contributed by atoms with E-state index in [1.807, 2.05) is 6.07 Å². The molecular weight excluding hydrogens is 264 g/mol. The summed E-state index contributed by atoms with van der Waals surface area (Å²) >= 11 is 0. The van der Waals surface area contributed by atoms with Gasteiger partial charge in [0.25, 0.3) is 10.0 Å². The standard InChI is InChI=1S/C12H14N4O2S/c17-19(18,16-12-14-6-7-15-12)10-3-4-11-9(8-10)2-1-5-13-11/h3-4,6-8,13H,1-2,5H2,(H2,14,15,16). The molecule has 0 amide bonds. The molecule has 1 aliphatic rings. The monoisotopic (exact) mass is 278 g/mol. The van der Waals surface area contributed by atoms with E-state index in [-0.39, 0.29) is 10.8 Å². The molecule has 100 valence electrons. The van der Waals surface area contributed by atoms with Crippen LogP contribution in [0.15, 0.2) is 35.5 Å². The molecule has 0 saturated carbocycles. The fourth-order valence-corrected chi connectivity index (χ4v) is 3.15. The second kappa shape index (κ2) is 4.58. The lowest BCUT2D eigenvalue weighted by atomic mass is 10.0. The number of fused-ring (bicyclic) bond motifs is 1. The van der Waals surface area contributed by atoms with Gasteiger partial charge in [0.15, 0.2) is 0 Å². The number of sulfonamides is 1. The van der Waals surface area contributed by atoms with Crippen molar-refractivity contribution < 1.29 is 8.42 Å². The Bertz CT molecular complexity index is 680. The van der Waals surface area contributed by atoms with Gasteiger partial charge < -0.3 is 10.3 Å². The molecule has 6 nitrogen and oxygen atoms in total. The van der Waals surface area contributed by atoms with E-state index in [0.717, 1.165) is 30.6 Å². The number of imidazole rings is 1. The van der Waals surface area contributed by atoms with E-state index in [9.17, 15) is 8.42 Å². The normalized spacial score (nSPS) is 14.5. The van der Waals surface area contributed by atoms with Crippen molar-refractivity contribution in [2.24, 2.45) is 0 Å². The topological polar surface area (TPSA) is 86.9 Å². The third kappa shape index (κ3) is 2.41. The second-order valence-electron chi connectivity index (χ2n) is 4.39. The summed E-state index contributed by atoms with van der Waals surface area (Å²) < 4.78 is 26.8. The largest absolute Gasteiger partial charge is 0.385 e. The molecule has 0 aliphatic carbocycles. The van der Waals surface area contributed by atoms with E-state index in [1.54, 1.807) is 18.3 Å². The first-order valence-corrected chi connectivity index (χ1v) is 7.52. The molecule has 0 radical (unpaired) electrons. The summed E-state index contributed by atoms with van der Waals surface area (Å²) in [6.45, 7) is 0.934. The zero-order valence-corrected chi connectivity index (χ0v) is 11.0. The third-order valence-electron chi connectivity index (χ3n) is 3.05. The maximum atomic E-state index is 12.2. The molecule has 0 saturated heterocycles. The number of hydrogen-bond acceptors (Lipinski definition) is 4. The number of aromatic amines is 1. The van der Waals surface area contributed by atoms with Crippen LogP contribution in [0.2, 0.25) is 0 Å². The van der Waals surface area contributed by atoms with Crippen molar-refractivity contribution in [2.45, 2.75) is 17.7 Å². The molecule has 0 spiro atoms. The number of H-pyrrole nitrogens is 1. The molecule has 0 atom stereocenters. The van der Waals surface area contributed by atoms with E-state index >= 15 is 0 Å².